The summed E-state index contributed by atoms with van der Waals surface area (Å²) >= 11 is 0. The molecule has 0 fully saturated rings. The lowest BCUT2D eigenvalue weighted by Crippen LogP contribution is -2.12. The number of aromatic amines is 1. The standard InChI is InChI=1S/C52H33N3O/c1-3-13-35(14-4-1)54(46-22-11-19-39-37-17-7-9-21-43(37)53-51(39)46)44-31-27-33-26-30-42-45(32-28-34-25-29-41(44)49(33)50(34)42)55(36-15-5-2-6-16-36)47-23-12-20-40-38-18-8-10-24-48(38)56-52(40)47/h1-32,53H. The van der Waals surface area contributed by atoms with Crippen molar-refractivity contribution in [2.45, 2.75) is 0 Å². The van der Waals surface area contributed by atoms with Crippen molar-refractivity contribution < 1.29 is 4.42 Å². The molecule has 2 heterocycles. The van der Waals surface area contributed by atoms with E-state index in [4.69, 9.17) is 4.42 Å². The predicted molar refractivity (Wildman–Crippen MR) is 236 cm³/mol. The lowest BCUT2D eigenvalue weighted by Gasteiger charge is -2.29. The van der Waals surface area contributed by atoms with E-state index in [0.717, 1.165) is 67.1 Å². The SMILES string of the molecule is c1ccc(N(c2ccc3ccc4c(N(c5ccccc5)c5cccc6c5oc5ccccc56)ccc5ccc2c3c54)c2cccc3c2[nH]c2ccccc23)cc1. The average Bonchev–Trinajstić information content (AvgIpc) is 3.84. The molecule has 0 aliphatic carbocycles. The van der Waals surface area contributed by atoms with E-state index in [1.54, 1.807) is 0 Å². The topological polar surface area (TPSA) is 35.4 Å². The van der Waals surface area contributed by atoms with Gasteiger partial charge in [-0.05, 0) is 82.2 Å². The molecule has 0 unspecified atom stereocenters. The van der Waals surface area contributed by atoms with Crippen molar-refractivity contribution in [3.8, 4) is 0 Å². The van der Waals surface area contributed by atoms with E-state index in [2.05, 4.69) is 203 Å². The highest BCUT2D eigenvalue weighted by molar-refractivity contribution is 6.28. The summed E-state index contributed by atoms with van der Waals surface area (Å²) < 4.78 is 6.66. The lowest BCUT2D eigenvalue weighted by molar-refractivity contribution is 0.669. The monoisotopic (exact) mass is 715 g/mol. The molecule has 262 valence electrons. The van der Waals surface area contributed by atoms with E-state index >= 15 is 0 Å². The molecule has 10 aromatic carbocycles. The molecule has 0 atom stereocenters. The molecular formula is C52H33N3O. The summed E-state index contributed by atoms with van der Waals surface area (Å²) in [5.41, 5.74) is 10.5. The van der Waals surface area contributed by atoms with Gasteiger partial charge in [0, 0.05) is 49.2 Å². The molecule has 12 rings (SSSR count). The van der Waals surface area contributed by atoms with Crippen LogP contribution in [0.15, 0.2) is 199 Å². The first-order chi connectivity index (χ1) is 27.8. The second kappa shape index (κ2) is 12.0. The molecule has 56 heavy (non-hydrogen) atoms. The van der Waals surface area contributed by atoms with E-state index in [1.807, 2.05) is 6.07 Å². The maximum atomic E-state index is 6.66. The van der Waals surface area contributed by atoms with Gasteiger partial charge in [-0.2, -0.15) is 0 Å². The van der Waals surface area contributed by atoms with Crippen LogP contribution in [-0.2, 0) is 0 Å². The van der Waals surface area contributed by atoms with Crippen LogP contribution in [0.1, 0.15) is 0 Å². The van der Waals surface area contributed by atoms with Crippen LogP contribution < -0.4 is 9.80 Å². The zero-order valence-electron chi connectivity index (χ0n) is 30.3. The Hall–Kier alpha value is -7.56. The Balaban J connectivity index is 1.13. The van der Waals surface area contributed by atoms with Crippen molar-refractivity contribution in [2.24, 2.45) is 0 Å². The molecule has 0 saturated heterocycles. The summed E-state index contributed by atoms with van der Waals surface area (Å²) in [6, 6.07) is 69.7. The van der Waals surface area contributed by atoms with Gasteiger partial charge in [-0.25, -0.2) is 0 Å². The highest BCUT2D eigenvalue weighted by Gasteiger charge is 2.24. The van der Waals surface area contributed by atoms with E-state index in [-0.39, 0.29) is 0 Å². The van der Waals surface area contributed by atoms with Crippen molar-refractivity contribution in [1.29, 1.82) is 0 Å². The van der Waals surface area contributed by atoms with E-state index in [9.17, 15) is 0 Å². The highest BCUT2D eigenvalue weighted by Crippen LogP contribution is 2.49. The normalized spacial score (nSPS) is 11.9. The summed E-state index contributed by atoms with van der Waals surface area (Å²) in [4.78, 5) is 8.57. The third-order valence-corrected chi connectivity index (χ3v) is 11.5. The fourth-order valence-electron chi connectivity index (χ4n) is 9.08. The minimum atomic E-state index is 0.871. The Morgan fingerprint density at radius 3 is 1.54 bits per heavy atom. The molecule has 0 radical (unpaired) electrons. The zero-order chi connectivity index (χ0) is 36.7. The molecule has 0 aliphatic heterocycles. The third-order valence-electron chi connectivity index (χ3n) is 11.5. The van der Waals surface area contributed by atoms with Crippen molar-refractivity contribution >= 4 is 110 Å². The van der Waals surface area contributed by atoms with Gasteiger partial charge in [-0.1, -0.05) is 133 Å². The van der Waals surface area contributed by atoms with Gasteiger partial charge in [0.2, 0.25) is 0 Å². The summed E-state index contributed by atoms with van der Waals surface area (Å²) in [5, 5.41) is 11.9. The Labute approximate surface area is 322 Å². The van der Waals surface area contributed by atoms with Crippen LogP contribution in [0.3, 0.4) is 0 Å². The van der Waals surface area contributed by atoms with Crippen molar-refractivity contribution in [1.82, 2.24) is 4.98 Å². The number of hydrogen-bond donors (Lipinski definition) is 1. The fraction of sp³-hybridized carbons (Fsp3) is 0. The van der Waals surface area contributed by atoms with Gasteiger partial charge in [0.1, 0.15) is 5.58 Å². The Bertz CT molecular complexity index is 3210. The van der Waals surface area contributed by atoms with Crippen molar-refractivity contribution in [3.63, 3.8) is 0 Å². The second-order valence-corrected chi connectivity index (χ2v) is 14.6. The van der Waals surface area contributed by atoms with Crippen LogP contribution in [0, 0.1) is 0 Å². The predicted octanol–water partition coefficient (Wildman–Crippen LogP) is 15.1. The highest BCUT2D eigenvalue weighted by atomic mass is 16.3. The smallest absolute Gasteiger partial charge is 0.159 e. The average molecular weight is 716 g/mol. The second-order valence-electron chi connectivity index (χ2n) is 14.6. The first kappa shape index (κ1) is 30.9. The van der Waals surface area contributed by atoms with Gasteiger partial charge >= 0.3 is 0 Å². The minimum Gasteiger partial charge on any atom is -0.454 e. The summed E-state index contributed by atoms with van der Waals surface area (Å²) in [6.45, 7) is 0. The van der Waals surface area contributed by atoms with Crippen LogP contribution >= 0.6 is 0 Å². The number of fused-ring (bicyclic) bond motifs is 6. The molecule has 4 nitrogen and oxygen atoms in total. The van der Waals surface area contributed by atoms with Crippen LogP contribution in [0.5, 0.6) is 0 Å². The molecule has 0 aliphatic rings. The number of nitrogens with one attached hydrogen (secondary N) is 1. The molecule has 12 aromatic rings. The third kappa shape index (κ3) is 4.47. The van der Waals surface area contributed by atoms with Crippen LogP contribution in [0.4, 0.5) is 34.1 Å². The first-order valence-corrected chi connectivity index (χ1v) is 19.1. The molecule has 2 aromatic heterocycles. The number of aromatic nitrogens is 1. The van der Waals surface area contributed by atoms with Gasteiger partial charge in [-0.15, -0.1) is 0 Å². The van der Waals surface area contributed by atoms with Gasteiger partial charge in [0.05, 0.1) is 28.3 Å². The Kier molecular flexibility index (Phi) is 6.60. The number of para-hydroxylation sites is 6. The van der Waals surface area contributed by atoms with Gasteiger partial charge < -0.3 is 19.2 Å². The molecular weight excluding hydrogens is 683 g/mol. The van der Waals surface area contributed by atoms with E-state index in [1.165, 1.54) is 43.1 Å². The molecule has 1 N–H and O–H groups in total. The fourth-order valence-corrected chi connectivity index (χ4v) is 9.08. The summed E-state index contributed by atoms with van der Waals surface area (Å²) in [7, 11) is 0. The van der Waals surface area contributed by atoms with E-state index in [0.29, 0.717) is 0 Å². The molecule has 0 amide bonds. The van der Waals surface area contributed by atoms with Gasteiger partial charge in [0.25, 0.3) is 0 Å². The molecule has 4 heteroatoms. The van der Waals surface area contributed by atoms with Gasteiger partial charge in [-0.3, -0.25) is 0 Å². The lowest BCUT2D eigenvalue weighted by atomic mass is 9.91. The molecule has 0 saturated carbocycles. The van der Waals surface area contributed by atoms with E-state index < -0.39 is 0 Å². The number of anilines is 6. The maximum Gasteiger partial charge on any atom is 0.159 e. The Morgan fingerprint density at radius 2 is 0.857 bits per heavy atom. The number of rotatable bonds is 6. The number of furan rings is 1. The molecule has 0 bridgehead atoms. The number of hydrogen-bond acceptors (Lipinski definition) is 3. The van der Waals surface area contributed by atoms with Crippen LogP contribution in [0.25, 0.3) is 76.1 Å². The quantitative estimate of drug-likeness (QED) is 0.174. The van der Waals surface area contributed by atoms with Gasteiger partial charge in [0.15, 0.2) is 5.58 Å². The van der Waals surface area contributed by atoms with Crippen molar-refractivity contribution in [3.05, 3.63) is 194 Å². The van der Waals surface area contributed by atoms with Crippen LogP contribution in [-0.4, -0.2) is 4.98 Å². The minimum absolute atomic E-state index is 0.871. The first-order valence-electron chi connectivity index (χ1n) is 19.1. The zero-order valence-corrected chi connectivity index (χ0v) is 30.3. The molecule has 0 spiro atoms. The maximum absolute atomic E-state index is 6.66. The van der Waals surface area contributed by atoms with Crippen molar-refractivity contribution in [2.75, 3.05) is 9.80 Å². The largest absolute Gasteiger partial charge is 0.454 e. The Morgan fingerprint density at radius 1 is 0.339 bits per heavy atom. The number of H-pyrrole nitrogens is 1. The number of nitrogens with zero attached hydrogens (tertiary/aromatic N) is 2. The van der Waals surface area contributed by atoms with Crippen LogP contribution in [0.2, 0.25) is 0 Å². The summed E-state index contributed by atoms with van der Waals surface area (Å²) in [6.07, 6.45) is 0. The summed E-state index contributed by atoms with van der Waals surface area (Å²) in [5.74, 6) is 0. The number of benzene rings is 10.